The Bertz CT molecular complexity index is 479. The summed E-state index contributed by atoms with van der Waals surface area (Å²) in [6.07, 6.45) is 10.1. The van der Waals surface area contributed by atoms with Gasteiger partial charge in [0.05, 0.1) is 13.2 Å². The minimum atomic E-state index is 0.197. The summed E-state index contributed by atoms with van der Waals surface area (Å²) in [5, 5.41) is 0. The molecule has 0 aromatic rings. The molecule has 1 aliphatic carbocycles. The van der Waals surface area contributed by atoms with Crippen LogP contribution in [0.3, 0.4) is 0 Å². The van der Waals surface area contributed by atoms with Gasteiger partial charge in [-0.3, -0.25) is 9.59 Å². The first-order valence-electron chi connectivity index (χ1n) is 11.6. The Morgan fingerprint density at radius 1 is 0.607 bits per heavy atom. The van der Waals surface area contributed by atoms with Gasteiger partial charge in [-0.25, -0.2) is 0 Å². The van der Waals surface area contributed by atoms with Crippen molar-refractivity contribution in [1.82, 2.24) is 14.7 Å². The molecule has 158 valence electrons. The molecule has 0 aromatic carbocycles. The van der Waals surface area contributed by atoms with Crippen LogP contribution < -0.4 is 0 Å². The lowest BCUT2D eigenvalue weighted by Gasteiger charge is -2.43. The first kappa shape index (κ1) is 20.1. The maximum absolute atomic E-state index is 12.8. The summed E-state index contributed by atoms with van der Waals surface area (Å²) in [7, 11) is 0. The fraction of sp³-hybridized carbons (Fsp3) is 0.909. The molecule has 2 amide bonds. The van der Waals surface area contributed by atoms with E-state index >= 15 is 0 Å². The van der Waals surface area contributed by atoms with E-state index < -0.39 is 0 Å². The standard InChI is InChI=1S/C22H37N3O3/c26-21(18-4-2-1-3-5-18)24-12-8-20(9-13-24)23-10-6-19(7-11-23)22(27)25-14-16-28-17-15-25/h18-20H,1-17H2. The SMILES string of the molecule is O=C(C1CCN(C2CCN(C(=O)C3CCCCC3)CC2)CC1)N1CCOCC1. The Morgan fingerprint density at radius 3 is 1.75 bits per heavy atom. The molecule has 0 bridgehead atoms. The number of ether oxygens (including phenoxy) is 1. The van der Waals surface area contributed by atoms with Gasteiger partial charge in [0.15, 0.2) is 0 Å². The van der Waals surface area contributed by atoms with Crippen molar-refractivity contribution in [2.24, 2.45) is 11.8 Å². The Hall–Kier alpha value is -1.14. The van der Waals surface area contributed by atoms with Crippen molar-refractivity contribution in [3.63, 3.8) is 0 Å². The monoisotopic (exact) mass is 391 g/mol. The molecule has 3 aliphatic heterocycles. The Morgan fingerprint density at radius 2 is 1.14 bits per heavy atom. The molecule has 4 rings (SSSR count). The molecule has 0 atom stereocenters. The fourth-order valence-corrected chi connectivity index (χ4v) is 5.61. The topological polar surface area (TPSA) is 53.1 Å². The molecule has 3 heterocycles. The molecule has 0 radical (unpaired) electrons. The molecular formula is C22H37N3O3. The van der Waals surface area contributed by atoms with Crippen molar-refractivity contribution in [2.75, 3.05) is 52.5 Å². The van der Waals surface area contributed by atoms with Gasteiger partial charge < -0.3 is 19.4 Å². The van der Waals surface area contributed by atoms with Crippen molar-refractivity contribution in [3.05, 3.63) is 0 Å². The summed E-state index contributed by atoms with van der Waals surface area (Å²) in [5.74, 6) is 1.26. The van der Waals surface area contributed by atoms with E-state index in [1.807, 2.05) is 4.90 Å². The number of morpholine rings is 1. The van der Waals surface area contributed by atoms with Gasteiger partial charge in [-0.2, -0.15) is 0 Å². The number of piperidine rings is 2. The third-order valence-corrected chi connectivity index (χ3v) is 7.45. The number of carbonyl (C=O) groups excluding carboxylic acids is 2. The lowest BCUT2D eigenvalue weighted by molar-refractivity contribution is -0.142. The highest BCUT2D eigenvalue weighted by Gasteiger charge is 2.34. The maximum Gasteiger partial charge on any atom is 0.225 e. The molecule has 0 N–H and O–H groups in total. The number of likely N-dealkylation sites (tertiary alicyclic amines) is 2. The second-order valence-corrected chi connectivity index (χ2v) is 9.14. The lowest BCUT2D eigenvalue weighted by atomic mass is 9.87. The van der Waals surface area contributed by atoms with Crippen LogP contribution in [0.4, 0.5) is 0 Å². The summed E-state index contributed by atoms with van der Waals surface area (Å²) in [4.78, 5) is 32.2. The van der Waals surface area contributed by atoms with Gasteiger partial charge in [-0.05, 0) is 51.6 Å². The highest BCUT2D eigenvalue weighted by Crippen LogP contribution is 2.29. The minimum Gasteiger partial charge on any atom is -0.378 e. The summed E-state index contributed by atoms with van der Waals surface area (Å²) < 4.78 is 5.37. The molecule has 6 heteroatoms. The first-order chi connectivity index (χ1) is 13.7. The van der Waals surface area contributed by atoms with Crippen LogP contribution in [0, 0.1) is 11.8 Å². The zero-order valence-electron chi connectivity index (χ0n) is 17.3. The summed E-state index contributed by atoms with van der Waals surface area (Å²) in [5.41, 5.74) is 0. The largest absolute Gasteiger partial charge is 0.378 e. The number of amides is 2. The Kier molecular flexibility index (Phi) is 6.89. The van der Waals surface area contributed by atoms with Crippen molar-refractivity contribution < 1.29 is 14.3 Å². The van der Waals surface area contributed by atoms with E-state index in [2.05, 4.69) is 9.80 Å². The predicted molar refractivity (Wildman–Crippen MR) is 108 cm³/mol. The molecule has 28 heavy (non-hydrogen) atoms. The number of nitrogens with zero attached hydrogens (tertiary/aromatic N) is 3. The van der Waals surface area contributed by atoms with E-state index in [0.717, 1.165) is 77.8 Å². The van der Waals surface area contributed by atoms with Crippen LogP contribution in [-0.2, 0) is 14.3 Å². The van der Waals surface area contributed by atoms with Gasteiger partial charge in [0.1, 0.15) is 0 Å². The highest BCUT2D eigenvalue weighted by molar-refractivity contribution is 5.79. The van der Waals surface area contributed by atoms with Crippen molar-refractivity contribution >= 4 is 11.8 Å². The van der Waals surface area contributed by atoms with E-state index in [-0.39, 0.29) is 5.92 Å². The molecule has 6 nitrogen and oxygen atoms in total. The predicted octanol–water partition coefficient (Wildman–Crippen LogP) is 2.13. The molecular weight excluding hydrogens is 354 g/mol. The van der Waals surface area contributed by atoms with Gasteiger partial charge in [-0.1, -0.05) is 19.3 Å². The third kappa shape index (κ3) is 4.70. The molecule has 1 saturated carbocycles. The quantitative estimate of drug-likeness (QED) is 0.740. The summed E-state index contributed by atoms with van der Waals surface area (Å²) in [6.45, 7) is 6.79. The van der Waals surface area contributed by atoms with Crippen LogP contribution in [0.25, 0.3) is 0 Å². The van der Waals surface area contributed by atoms with Crippen molar-refractivity contribution in [2.45, 2.75) is 63.8 Å². The van der Waals surface area contributed by atoms with E-state index in [9.17, 15) is 9.59 Å². The molecule has 4 aliphatic rings. The summed E-state index contributed by atoms with van der Waals surface area (Å²) >= 11 is 0. The third-order valence-electron chi connectivity index (χ3n) is 7.45. The fourth-order valence-electron chi connectivity index (χ4n) is 5.61. The van der Waals surface area contributed by atoms with Gasteiger partial charge in [0.25, 0.3) is 0 Å². The Balaban J connectivity index is 1.19. The molecule has 3 saturated heterocycles. The van der Waals surface area contributed by atoms with Gasteiger partial charge in [-0.15, -0.1) is 0 Å². The number of rotatable bonds is 3. The van der Waals surface area contributed by atoms with Crippen LogP contribution >= 0.6 is 0 Å². The molecule has 0 aromatic heterocycles. The molecule has 0 unspecified atom stereocenters. The molecule has 4 fully saturated rings. The normalized spacial score (nSPS) is 27.1. The van der Waals surface area contributed by atoms with Gasteiger partial charge in [0, 0.05) is 44.1 Å². The summed E-state index contributed by atoms with van der Waals surface area (Å²) in [6, 6.07) is 0.592. The average Bonchev–Trinajstić information content (AvgIpc) is 2.79. The number of hydrogen-bond acceptors (Lipinski definition) is 4. The first-order valence-corrected chi connectivity index (χ1v) is 11.6. The highest BCUT2D eigenvalue weighted by atomic mass is 16.5. The minimum absolute atomic E-state index is 0.197. The zero-order valence-corrected chi connectivity index (χ0v) is 17.3. The zero-order chi connectivity index (χ0) is 19.3. The van der Waals surface area contributed by atoms with Crippen LogP contribution in [-0.4, -0.2) is 85.0 Å². The van der Waals surface area contributed by atoms with Gasteiger partial charge >= 0.3 is 0 Å². The van der Waals surface area contributed by atoms with E-state index in [1.165, 1.54) is 19.3 Å². The second-order valence-electron chi connectivity index (χ2n) is 9.14. The van der Waals surface area contributed by atoms with Crippen LogP contribution in [0.1, 0.15) is 57.8 Å². The average molecular weight is 392 g/mol. The number of hydrogen-bond donors (Lipinski definition) is 0. The van der Waals surface area contributed by atoms with Crippen LogP contribution in [0.15, 0.2) is 0 Å². The van der Waals surface area contributed by atoms with Crippen LogP contribution in [0.5, 0.6) is 0 Å². The maximum atomic E-state index is 12.8. The van der Waals surface area contributed by atoms with E-state index in [1.54, 1.807) is 0 Å². The van der Waals surface area contributed by atoms with Crippen LogP contribution in [0.2, 0.25) is 0 Å². The van der Waals surface area contributed by atoms with E-state index in [4.69, 9.17) is 4.74 Å². The number of carbonyl (C=O) groups is 2. The lowest BCUT2D eigenvalue weighted by Crippen LogP contribution is -2.52. The Labute approximate surface area is 169 Å². The van der Waals surface area contributed by atoms with Crippen molar-refractivity contribution in [3.8, 4) is 0 Å². The second kappa shape index (κ2) is 9.57. The van der Waals surface area contributed by atoms with Gasteiger partial charge in [0.2, 0.25) is 11.8 Å². The molecule has 0 spiro atoms. The smallest absolute Gasteiger partial charge is 0.225 e. The van der Waals surface area contributed by atoms with E-state index in [0.29, 0.717) is 37.0 Å². The van der Waals surface area contributed by atoms with Crippen molar-refractivity contribution in [1.29, 1.82) is 0 Å².